The Labute approximate surface area is 163 Å². The van der Waals surface area contributed by atoms with Crippen molar-refractivity contribution in [2.75, 3.05) is 0 Å². The smallest absolute Gasteiger partial charge is 0.336 e. The van der Waals surface area contributed by atoms with Crippen molar-refractivity contribution in [1.82, 2.24) is 0 Å². The van der Waals surface area contributed by atoms with Gasteiger partial charge in [0.1, 0.15) is 11.2 Å². The minimum absolute atomic E-state index is 0.244. The maximum absolute atomic E-state index is 12.0. The Kier molecular flexibility index (Phi) is 3.55. The van der Waals surface area contributed by atoms with Crippen LogP contribution in [0.15, 0.2) is 81.7 Å². The van der Waals surface area contributed by atoms with E-state index in [9.17, 15) is 9.90 Å². The van der Waals surface area contributed by atoms with E-state index in [0.29, 0.717) is 11.1 Å². The van der Waals surface area contributed by atoms with E-state index >= 15 is 0 Å². The second kappa shape index (κ2) is 5.96. The number of carbonyl (C=O) groups is 1. The number of halogens is 1. The fraction of sp³-hybridized carbons (Fsp3) is 0. The Morgan fingerprint density at radius 1 is 0.815 bits per heavy atom. The van der Waals surface area contributed by atoms with Gasteiger partial charge in [-0.05, 0) is 22.9 Å². The summed E-state index contributed by atoms with van der Waals surface area (Å²) in [6.07, 6.45) is 0. The van der Waals surface area contributed by atoms with Gasteiger partial charge >= 0.3 is 5.97 Å². The second-order valence-electron chi connectivity index (χ2n) is 6.41. The topological polar surface area (TPSA) is 50.4 Å². The first kappa shape index (κ1) is 16.1. The molecule has 0 spiro atoms. The third-order valence-electron chi connectivity index (χ3n) is 4.90. The third-order valence-corrected chi connectivity index (χ3v) is 5.55. The molecule has 0 saturated heterocycles. The van der Waals surface area contributed by atoms with Crippen molar-refractivity contribution in [3.8, 4) is 11.1 Å². The molecule has 5 rings (SSSR count). The summed E-state index contributed by atoms with van der Waals surface area (Å²) in [5.41, 5.74) is 3.19. The van der Waals surface area contributed by atoms with E-state index in [4.69, 9.17) is 4.42 Å². The molecule has 0 bridgehead atoms. The van der Waals surface area contributed by atoms with Gasteiger partial charge in [-0.25, -0.2) is 4.79 Å². The first-order valence-electron chi connectivity index (χ1n) is 8.50. The van der Waals surface area contributed by atoms with Crippen LogP contribution in [-0.4, -0.2) is 11.1 Å². The van der Waals surface area contributed by atoms with E-state index in [1.807, 2.05) is 66.7 Å². The van der Waals surface area contributed by atoms with Crippen molar-refractivity contribution in [2.45, 2.75) is 0 Å². The molecule has 1 heterocycles. The molecule has 5 aromatic rings. The second-order valence-corrected chi connectivity index (χ2v) is 7.27. The predicted molar refractivity (Wildman–Crippen MR) is 111 cm³/mol. The van der Waals surface area contributed by atoms with Gasteiger partial charge in [-0.2, -0.15) is 0 Å². The van der Waals surface area contributed by atoms with Crippen molar-refractivity contribution in [1.29, 1.82) is 0 Å². The summed E-state index contributed by atoms with van der Waals surface area (Å²) in [5.74, 6) is -0.968. The van der Waals surface area contributed by atoms with Gasteiger partial charge in [-0.1, -0.05) is 76.6 Å². The van der Waals surface area contributed by atoms with Gasteiger partial charge in [-0.3, -0.25) is 0 Å². The minimum Gasteiger partial charge on any atom is -0.478 e. The normalized spacial score (nSPS) is 11.4. The monoisotopic (exact) mass is 416 g/mol. The summed E-state index contributed by atoms with van der Waals surface area (Å²) in [6.45, 7) is 0. The highest BCUT2D eigenvalue weighted by Crippen LogP contribution is 2.41. The first-order valence-corrected chi connectivity index (χ1v) is 9.29. The molecule has 0 fully saturated rings. The number of aromatic carboxylic acids is 1. The molecular weight excluding hydrogens is 404 g/mol. The Balaban J connectivity index is 1.98. The van der Waals surface area contributed by atoms with Crippen LogP contribution in [0.1, 0.15) is 10.4 Å². The van der Waals surface area contributed by atoms with Crippen LogP contribution in [-0.2, 0) is 0 Å². The van der Waals surface area contributed by atoms with E-state index in [1.54, 1.807) is 6.07 Å². The zero-order valence-corrected chi connectivity index (χ0v) is 15.7. The summed E-state index contributed by atoms with van der Waals surface area (Å²) >= 11 is 3.51. The van der Waals surface area contributed by atoms with Crippen molar-refractivity contribution < 1.29 is 14.3 Å². The van der Waals surface area contributed by atoms with E-state index in [0.717, 1.165) is 37.2 Å². The van der Waals surface area contributed by atoms with E-state index in [1.165, 1.54) is 0 Å². The summed E-state index contributed by atoms with van der Waals surface area (Å²) < 4.78 is 6.91. The predicted octanol–water partition coefficient (Wildman–Crippen LogP) is 6.87. The molecule has 1 N–H and O–H groups in total. The lowest BCUT2D eigenvalue weighted by atomic mass is 9.92. The number of benzene rings is 4. The standard InChI is InChI=1S/C23H13BrO3/c24-19-12-18(23(25)26)21(15-8-2-1-6-13(15)19)17-10-5-9-16-14-7-3-4-11-20(14)27-22(16)17/h1-12H,(H,25,26). The third kappa shape index (κ3) is 2.37. The molecule has 0 aliphatic rings. The zero-order valence-electron chi connectivity index (χ0n) is 14.1. The van der Waals surface area contributed by atoms with Crippen LogP contribution in [0.4, 0.5) is 0 Å². The first-order chi connectivity index (χ1) is 13.1. The van der Waals surface area contributed by atoms with Gasteiger partial charge in [0.25, 0.3) is 0 Å². The van der Waals surface area contributed by atoms with Crippen LogP contribution >= 0.6 is 15.9 Å². The molecule has 0 amide bonds. The molecular formula is C23H13BrO3. The minimum atomic E-state index is -0.968. The molecule has 0 aliphatic carbocycles. The number of carboxylic acid groups (broad SMARTS) is 1. The van der Waals surface area contributed by atoms with Gasteiger partial charge in [0, 0.05) is 26.4 Å². The molecule has 0 radical (unpaired) electrons. The molecule has 27 heavy (non-hydrogen) atoms. The van der Waals surface area contributed by atoms with E-state index in [-0.39, 0.29) is 5.56 Å². The molecule has 4 aromatic carbocycles. The van der Waals surface area contributed by atoms with Crippen molar-refractivity contribution in [3.05, 3.63) is 82.8 Å². The lowest BCUT2D eigenvalue weighted by Crippen LogP contribution is -2.01. The number of hydrogen-bond acceptors (Lipinski definition) is 2. The quantitative estimate of drug-likeness (QED) is 0.341. The van der Waals surface area contributed by atoms with Gasteiger partial charge in [0.05, 0.1) is 5.56 Å². The fourth-order valence-electron chi connectivity index (χ4n) is 3.73. The summed E-state index contributed by atoms with van der Waals surface area (Å²) in [6, 6.07) is 23.2. The summed E-state index contributed by atoms with van der Waals surface area (Å²) in [7, 11) is 0. The molecule has 1 aromatic heterocycles. The number of hydrogen-bond donors (Lipinski definition) is 1. The van der Waals surface area contributed by atoms with Gasteiger partial charge < -0.3 is 9.52 Å². The number of furan rings is 1. The number of rotatable bonds is 2. The molecule has 130 valence electrons. The molecule has 0 atom stereocenters. The average molecular weight is 417 g/mol. The Bertz CT molecular complexity index is 1360. The highest BCUT2D eigenvalue weighted by Gasteiger charge is 2.21. The van der Waals surface area contributed by atoms with Crippen LogP contribution in [0.3, 0.4) is 0 Å². The number of fused-ring (bicyclic) bond motifs is 4. The Morgan fingerprint density at radius 2 is 1.48 bits per heavy atom. The van der Waals surface area contributed by atoms with Crippen molar-refractivity contribution >= 4 is 54.6 Å². The SMILES string of the molecule is O=C(O)c1cc(Br)c2ccccc2c1-c1cccc2c1oc1ccccc12. The van der Waals surface area contributed by atoms with Crippen LogP contribution in [0, 0.1) is 0 Å². The van der Waals surface area contributed by atoms with E-state index in [2.05, 4.69) is 15.9 Å². The highest BCUT2D eigenvalue weighted by molar-refractivity contribution is 9.10. The Hall–Kier alpha value is -3.11. The maximum atomic E-state index is 12.0. The maximum Gasteiger partial charge on any atom is 0.336 e. The largest absolute Gasteiger partial charge is 0.478 e. The van der Waals surface area contributed by atoms with Gasteiger partial charge in [0.15, 0.2) is 0 Å². The average Bonchev–Trinajstić information content (AvgIpc) is 3.07. The lowest BCUT2D eigenvalue weighted by molar-refractivity contribution is 0.0698. The summed E-state index contributed by atoms with van der Waals surface area (Å²) in [5, 5.41) is 13.7. The number of carboxylic acids is 1. The molecule has 0 aliphatic heterocycles. The highest BCUT2D eigenvalue weighted by atomic mass is 79.9. The van der Waals surface area contributed by atoms with Crippen molar-refractivity contribution in [3.63, 3.8) is 0 Å². The number of para-hydroxylation sites is 2. The lowest BCUT2D eigenvalue weighted by Gasteiger charge is -2.13. The van der Waals surface area contributed by atoms with Crippen LogP contribution in [0.25, 0.3) is 43.8 Å². The van der Waals surface area contributed by atoms with Crippen LogP contribution in [0.5, 0.6) is 0 Å². The Morgan fingerprint density at radius 3 is 2.26 bits per heavy atom. The van der Waals surface area contributed by atoms with E-state index < -0.39 is 5.97 Å². The van der Waals surface area contributed by atoms with Crippen molar-refractivity contribution in [2.24, 2.45) is 0 Å². The molecule has 3 nitrogen and oxygen atoms in total. The zero-order chi connectivity index (χ0) is 18.5. The fourth-order valence-corrected chi connectivity index (χ4v) is 4.31. The molecule has 4 heteroatoms. The van der Waals surface area contributed by atoms with Gasteiger partial charge in [-0.15, -0.1) is 0 Å². The summed E-state index contributed by atoms with van der Waals surface area (Å²) in [4.78, 5) is 12.0. The molecule has 0 saturated carbocycles. The molecule has 0 unspecified atom stereocenters. The van der Waals surface area contributed by atoms with Crippen LogP contribution in [0.2, 0.25) is 0 Å². The van der Waals surface area contributed by atoms with Crippen LogP contribution < -0.4 is 0 Å². The van der Waals surface area contributed by atoms with Gasteiger partial charge in [0.2, 0.25) is 0 Å².